The molecule has 1 amide bonds. The highest BCUT2D eigenvalue weighted by Crippen LogP contribution is 2.40. The Morgan fingerprint density at radius 2 is 1.77 bits per heavy atom. The molecule has 1 aliphatic carbocycles. The first kappa shape index (κ1) is 20.6. The summed E-state index contributed by atoms with van der Waals surface area (Å²) in [5.74, 6) is -0.815. The molecule has 2 heterocycles. The number of benzene rings is 1. The number of thiophene rings is 1. The van der Waals surface area contributed by atoms with Gasteiger partial charge in [-0.1, -0.05) is 12.1 Å². The van der Waals surface area contributed by atoms with Gasteiger partial charge in [-0.15, -0.1) is 11.3 Å². The van der Waals surface area contributed by atoms with Crippen molar-refractivity contribution in [1.29, 1.82) is 5.26 Å². The summed E-state index contributed by atoms with van der Waals surface area (Å²) in [6, 6.07) is 12.7. The van der Waals surface area contributed by atoms with Crippen LogP contribution < -0.4 is 15.1 Å². The van der Waals surface area contributed by atoms with Crippen LogP contribution in [0.5, 0.6) is 0 Å². The number of esters is 1. The third kappa shape index (κ3) is 4.02. The number of amides is 1. The fraction of sp³-hybridized carbons (Fsp3) is 0.273. The maximum absolute atomic E-state index is 12.7. The molecule has 1 aliphatic heterocycles. The third-order valence-electron chi connectivity index (χ3n) is 5.19. The average Bonchev–Trinajstić information content (AvgIpc) is 3.48. The van der Waals surface area contributed by atoms with Crippen LogP contribution in [0.15, 0.2) is 47.8 Å². The smallest absolute Gasteiger partial charge is 0.348 e. The molecule has 0 unspecified atom stereocenters. The number of ketones is 1. The minimum absolute atomic E-state index is 0.0481. The molecule has 0 bridgehead atoms. The van der Waals surface area contributed by atoms with E-state index in [4.69, 9.17) is 4.74 Å². The van der Waals surface area contributed by atoms with Crippen molar-refractivity contribution >= 4 is 45.4 Å². The van der Waals surface area contributed by atoms with Crippen LogP contribution in [-0.2, 0) is 14.3 Å². The number of nitrogens with zero attached hydrogens (tertiary/aromatic N) is 3. The molecule has 9 heteroatoms. The maximum Gasteiger partial charge on any atom is 0.348 e. The van der Waals surface area contributed by atoms with Gasteiger partial charge in [0.1, 0.15) is 22.3 Å². The summed E-state index contributed by atoms with van der Waals surface area (Å²) in [5, 5.41) is 13.0. The monoisotopic (exact) mass is 436 g/mol. The molecule has 158 valence electrons. The van der Waals surface area contributed by atoms with E-state index < -0.39 is 18.4 Å². The van der Waals surface area contributed by atoms with Crippen molar-refractivity contribution in [2.75, 3.05) is 35.8 Å². The SMILES string of the molecule is CN1C(=C(C#N)C(=O)COC(=O)c2ccc(NC(=O)C3CC3)s2)N(C)c2ccccc21. The number of anilines is 3. The predicted octanol–water partition coefficient (Wildman–Crippen LogP) is 3.14. The van der Waals surface area contributed by atoms with E-state index >= 15 is 0 Å². The Hall–Kier alpha value is -3.64. The van der Waals surface area contributed by atoms with Crippen LogP contribution in [0, 0.1) is 17.2 Å². The van der Waals surface area contributed by atoms with Crippen LogP contribution in [0.25, 0.3) is 0 Å². The van der Waals surface area contributed by atoms with E-state index in [1.807, 2.05) is 30.3 Å². The molecular weight excluding hydrogens is 416 g/mol. The third-order valence-corrected chi connectivity index (χ3v) is 6.17. The maximum atomic E-state index is 12.7. The van der Waals surface area contributed by atoms with Crippen molar-refractivity contribution in [2.24, 2.45) is 5.92 Å². The van der Waals surface area contributed by atoms with Crippen molar-refractivity contribution in [3.05, 3.63) is 52.7 Å². The van der Waals surface area contributed by atoms with Crippen molar-refractivity contribution in [3.8, 4) is 6.07 Å². The summed E-state index contributed by atoms with van der Waals surface area (Å²) < 4.78 is 5.14. The van der Waals surface area contributed by atoms with Gasteiger partial charge in [-0.2, -0.15) is 5.26 Å². The molecule has 0 radical (unpaired) electrons. The largest absolute Gasteiger partial charge is 0.453 e. The Balaban J connectivity index is 1.43. The first-order valence-corrected chi connectivity index (χ1v) is 10.5. The fourth-order valence-corrected chi connectivity index (χ4v) is 4.22. The molecule has 1 aromatic carbocycles. The molecular formula is C22H20N4O4S. The quantitative estimate of drug-likeness (QED) is 0.422. The number of rotatable bonds is 6. The average molecular weight is 436 g/mol. The van der Waals surface area contributed by atoms with E-state index in [9.17, 15) is 19.6 Å². The number of nitrogens with one attached hydrogen (secondary N) is 1. The molecule has 0 spiro atoms. The zero-order valence-electron chi connectivity index (χ0n) is 17.0. The molecule has 0 saturated heterocycles. The minimum Gasteiger partial charge on any atom is -0.453 e. The number of para-hydroxylation sites is 2. The van der Waals surface area contributed by atoms with Gasteiger partial charge < -0.3 is 19.9 Å². The van der Waals surface area contributed by atoms with Crippen LogP contribution in [0.3, 0.4) is 0 Å². The van der Waals surface area contributed by atoms with E-state index in [1.54, 1.807) is 36.0 Å². The Kier molecular flexibility index (Phi) is 5.48. The summed E-state index contributed by atoms with van der Waals surface area (Å²) in [6.45, 7) is -0.551. The molecule has 0 atom stereocenters. The highest BCUT2D eigenvalue weighted by molar-refractivity contribution is 7.18. The lowest BCUT2D eigenvalue weighted by molar-refractivity contribution is -0.118. The Labute approximate surface area is 183 Å². The standard InChI is InChI=1S/C22H20N4O4S/c1-25-15-5-3-4-6-16(15)26(2)21(25)14(11-23)17(27)12-30-22(29)18-9-10-19(31-18)24-20(28)13-7-8-13/h3-6,9-10,13H,7-8,12H2,1-2H3,(H,24,28). The van der Waals surface area contributed by atoms with Gasteiger partial charge in [0.25, 0.3) is 0 Å². The summed E-state index contributed by atoms with van der Waals surface area (Å²) in [4.78, 5) is 40.7. The van der Waals surface area contributed by atoms with E-state index in [0.29, 0.717) is 10.8 Å². The van der Waals surface area contributed by atoms with Gasteiger partial charge in [0.05, 0.1) is 16.4 Å². The normalized spacial score (nSPS) is 14.7. The number of Topliss-reactive ketones (excluding diaryl/α,β-unsaturated/α-hetero) is 1. The molecule has 1 fully saturated rings. The predicted molar refractivity (Wildman–Crippen MR) is 117 cm³/mol. The molecule has 1 aromatic heterocycles. The highest BCUT2D eigenvalue weighted by atomic mass is 32.1. The number of nitriles is 1. The minimum atomic E-state index is -0.677. The van der Waals surface area contributed by atoms with Crippen LogP contribution in [0.4, 0.5) is 16.4 Å². The van der Waals surface area contributed by atoms with Crippen molar-refractivity contribution in [3.63, 3.8) is 0 Å². The van der Waals surface area contributed by atoms with E-state index in [-0.39, 0.29) is 22.3 Å². The number of ether oxygens (including phenoxy) is 1. The van der Waals surface area contributed by atoms with Crippen molar-refractivity contribution in [2.45, 2.75) is 12.8 Å². The Morgan fingerprint density at radius 3 is 2.35 bits per heavy atom. The summed E-state index contributed by atoms with van der Waals surface area (Å²) in [6.07, 6.45) is 1.78. The fourth-order valence-electron chi connectivity index (χ4n) is 3.42. The molecule has 2 aliphatic rings. The molecule has 31 heavy (non-hydrogen) atoms. The van der Waals surface area contributed by atoms with Gasteiger partial charge in [-0.25, -0.2) is 4.79 Å². The lowest BCUT2D eigenvalue weighted by atomic mass is 10.2. The lowest BCUT2D eigenvalue weighted by Crippen LogP contribution is -2.27. The lowest BCUT2D eigenvalue weighted by Gasteiger charge is -2.19. The van der Waals surface area contributed by atoms with Gasteiger partial charge >= 0.3 is 5.97 Å². The van der Waals surface area contributed by atoms with E-state index in [0.717, 1.165) is 35.6 Å². The van der Waals surface area contributed by atoms with Gasteiger partial charge in [0, 0.05) is 20.0 Å². The first-order valence-electron chi connectivity index (χ1n) is 9.72. The Morgan fingerprint density at radius 1 is 1.13 bits per heavy atom. The molecule has 4 rings (SSSR count). The van der Waals surface area contributed by atoms with Crippen molar-refractivity contribution in [1.82, 2.24) is 0 Å². The number of hydrogen-bond acceptors (Lipinski definition) is 8. The van der Waals surface area contributed by atoms with E-state index in [2.05, 4.69) is 5.32 Å². The topological polar surface area (TPSA) is 103 Å². The van der Waals surface area contributed by atoms with Crippen LogP contribution in [0.1, 0.15) is 22.5 Å². The molecule has 8 nitrogen and oxygen atoms in total. The number of fused-ring (bicyclic) bond motifs is 1. The number of carbonyl (C=O) groups excluding carboxylic acids is 3. The molecule has 1 N–H and O–H groups in total. The summed E-state index contributed by atoms with van der Waals surface area (Å²) >= 11 is 1.09. The van der Waals surface area contributed by atoms with E-state index in [1.165, 1.54) is 0 Å². The molecule has 1 saturated carbocycles. The second-order valence-electron chi connectivity index (χ2n) is 7.34. The van der Waals surface area contributed by atoms with Gasteiger partial charge in [0.2, 0.25) is 11.7 Å². The van der Waals surface area contributed by atoms with Crippen molar-refractivity contribution < 1.29 is 19.1 Å². The highest BCUT2D eigenvalue weighted by Gasteiger charge is 2.32. The second-order valence-corrected chi connectivity index (χ2v) is 8.43. The zero-order chi connectivity index (χ0) is 22.1. The van der Waals surface area contributed by atoms with Gasteiger partial charge in [0.15, 0.2) is 6.61 Å². The summed E-state index contributed by atoms with van der Waals surface area (Å²) in [5.41, 5.74) is 1.66. The van der Waals surface area contributed by atoms with Crippen LogP contribution in [0.2, 0.25) is 0 Å². The van der Waals surface area contributed by atoms with Gasteiger partial charge in [-0.3, -0.25) is 9.59 Å². The first-order chi connectivity index (χ1) is 14.9. The van der Waals surface area contributed by atoms with Crippen LogP contribution >= 0.6 is 11.3 Å². The zero-order valence-corrected chi connectivity index (χ0v) is 17.9. The van der Waals surface area contributed by atoms with Gasteiger partial charge in [-0.05, 0) is 37.1 Å². The number of hydrogen-bond donors (Lipinski definition) is 1. The Bertz CT molecular complexity index is 1110. The van der Waals surface area contributed by atoms with Crippen LogP contribution in [-0.4, -0.2) is 38.4 Å². The molecule has 2 aromatic rings. The second kappa shape index (κ2) is 8.24. The number of carbonyl (C=O) groups is 3. The summed E-state index contributed by atoms with van der Waals surface area (Å²) in [7, 11) is 3.55.